The predicted octanol–water partition coefficient (Wildman–Crippen LogP) is 2.26. The van der Waals surface area contributed by atoms with E-state index in [1.54, 1.807) is 0 Å². The Balaban J connectivity index is 1.86. The van der Waals surface area contributed by atoms with Crippen molar-refractivity contribution >= 4 is 27.2 Å². The molecule has 1 unspecified atom stereocenters. The van der Waals surface area contributed by atoms with Crippen molar-refractivity contribution in [1.29, 1.82) is 0 Å². The molecule has 0 bridgehead atoms. The second-order valence-corrected chi connectivity index (χ2v) is 8.20. The highest BCUT2D eigenvalue weighted by Crippen LogP contribution is 2.27. The SMILES string of the molecule is CCN(c1cc(N(C)c2ccccc2)ncn1)C1CCS(=O)(=O)C1. The van der Waals surface area contributed by atoms with Crippen molar-refractivity contribution in [3.05, 3.63) is 42.7 Å². The molecule has 7 heteroatoms. The van der Waals surface area contributed by atoms with E-state index in [-0.39, 0.29) is 17.5 Å². The Bertz CT molecular complexity index is 795. The van der Waals surface area contributed by atoms with Gasteiger partial charge in [-0.3, -0.25) is 0 Å². The molecular formula is C17H22N4O2S. The van der Waals surface area contributed by atoms with E-state index in [4.69, 9.17) is 0 Å². The van der Waals surface area contributed by atoms with Crippen molar-refractivity contribution in [3.8, 4) is 0 Å². The molecule has 128 valence electrons. The molecule has 1 saturated heterocycles. The molecule has 24 heavy (non-hydrogen) atoms. The van der Waals surface area contributed by atoms with Crippen molar-refractivity contribution in [3.63, 3.8) is 0 Å². The zero-order chi connectivity index (χ0) is 17.2. The standard InChI is InChI=1S/C17H22N4O2S/c1-3-21(15-9-10-24(22,23)12-15)17-11-16(18-13-19-17)20(2)14-7-5-4-6-8-14/h4-8,11,13,15H,3,9-10,12H2,1-2H3. The Labute approximate surface area is 143 Å². The molecule has 1 fully saturated rings. The number of para-hydroxylation sites is 1. The van der Waals surface area contributed by atoms with E-state index in [2.05, 4.69) is 14.9 Å². The molecular weight excluding hydrogens is 324 g/mol. The topological polar surface area (TPSA) is 66.4 Å². The van der Waals surface area contributed by atoms with Crippen LogP contribution in [0.25, 0.3) is 0 Å². The van der Waals surface area contributed by atoms with Crippen LogP contribution in [0.15, 0.2) is 42.7 Å². The van der Waals surface area contributed by atoms with Gasteiger partial charge in [-0.25, -0.2) is 18.4 Å². The molecule has 6 nitrogen and oxygen atoms in total. The van der Waals surface area contributed by atoms with Crippen molar-refractivity contribution in [1.82, 2.24) is 9.97 Å². The van der Waals surface area contributed by atoms with Gasteiger partial charge in [-0.1, -0.05) is 18.2 Å². The highest BCUT2D eigenvalue weighted by atomic mass is 32.2. The number of aromatic nitrogens is 2. The maximum absolute atomic E-state index is 11.8. The third kappa shape index (κ3) is 3.51. The lowest BCUT2D eigenvalue weighted by Crippen LogP contribution is -2.36. The minimum atomic E-state index is -2.92. The van der Waals surface area contributed by atoms with Crippen LogP contribution < -0.4 is 9.80 Å². The minimum absolute atomic E-state index is 0.00946. The van der Waals surface area contributed by atoms with Gasteiger partial charge in [-0.05, 0) is 25.5 Å². The quantitative estimate of drug-likeness (QED) is 0.827. The van der Waals surface area contributed by atoms with Crippen LogP contribution >= 0.6 is 0 Å². The van der Waals surface area contributed by atoms with Crippen molar-refractivity contribution in [2.45, 2.75) is 19.4 Å². The second kappa shape index (κ2) is 6.76. The van der Waals surface area contributed by atoms with Gasteiger partial charge in [0.1, 0.15) is 18.0 Å². The number of hydrogen-bond donors (Lipinski definition) is 0. The van der Waals surface area contributed by atoms with Gasteiger partial charge in [-0.15, -0.1) is 0 Å². The maximum atomic E-state index is 11.8. The summed E-state index contributed by atoms with van der Waals surface area (Å²) in [7, 11) is -0.967. The lowest BCUT2D eigenvalue weighted by Gasteiger charge is -2.28. The molecule has 0 N–H and O–H groups in total. The number of nitrogens with zero attached hydrogens (tertiary/aromatic N) is 4. The molecule has 2 aromatic rings. The summed E-state index contributed by atoms with van der Waals surface area (Å²) in [6.45, 7) is 2.74. The average Bonchev–Trinajstić information content (AvgIpc) is 2.95. The van der Waals surface area contributed by atoms with Gasteiger partial charge in [0.15, 0.2) is 9.84 Å². The van der Waals surface area contributed by atoms with Crippen molar-refractivity contribution in [2.24, 2.45) is 0 Å². The molecule has 2 heterocycles. The fourth-order valence-electron chi connectivity index (χ4n) is 3.09. The van der Waals surface area contributed by atoms with Gasteiger partial charge < -0.3 is 9.80 Å². The van der Waals surface area contributed by atoms with Crippen LogP contribution in [0.5, 0.6) is 0 Å². The largest absolute Gasteiger partial charge is 0.353 e. The van der Waals surface area contributed by atoms with Crippen molar-refractivity contribution in [2.75, 3.05) is 34.9 Å². The molecule has 1 atom stereocenters. The van der Waals surface area contributed by atoms with E-state index in [9.17, 15) is 8.42 Å². The number of anilines is 3. The summed E-state index contributed by atoms with van der Waals surface area (Å²) in [6, 6.07) is 11.9. The first-order valence-corrected chi connectivity index (χ1v) is 9.90. The van der Waals surface area contributed by atoms with Gasteiger partial charge in [-0.2, -0.15) is 0 Å². The molecule has 1 aliphatic rings. The van der Waals surface area contributed by atoms with E-state index in [0.717, 1.165) is 17.3 Å². The van der Waals surface area contributed by atoms with Gasteiger partial charge in [0, 0.05) is 31.4 Å². The number of rotatable bonds is 5. The monoisotopic (exact) mass is 346 g/mol. The van der Waals surface area contributed by atoms with Crippen molar-refractivity contribution < 1.29 is 8.42 Å². The summed E-state index contributed by atoms with van der Waals surface area (Å²) in [6.07, 6.45) is 2.19. The second-order valence-electron chi connectivity index (χ2n) is 5.97. The van der Waals surface area contributed by atoms with Crippen LogP contribution in [0.2, 0.25) is 0 Å². The summed E-state index contributed by atoms with van der Waals surface area (Å²) in [4.78, 5) is 12.8. The molecule has 0 amide bonds. The van der Waals surface area contributed by atoms with E-state index in [0.29, 0.717) is 13.0 Å². The minimum Gasteiger partial charge on any atom is -0.353 e. The first-order chi connectivity index (χ1) is 11.5. The Morgan fingerprint density at radius 2 is 1.88 bits per heavy atom. The average molecular weight is 346 g/mol. The highest BCUT2D eigenvalue weighted by Gasteiger charge is 2.32. The zero-order valence-corrected chi connectivity index (χ0v) is 14.8. The highest BCUT2D eigenvalue weighted by molar-refractivity contribution is 7.91. The molecule has 0 saturated carbocycles. The van der Waals surface area contributed by atoms with Gasteiger partial charge >= 0.3 is 0 Å². The Hall–Kier alpha value is -2.15. The molecule has 0 spiro atoms. The van der Waals surface area contributed by atoms with E-state index in [1.165, 1.54) is 6.33 Å². The summed E-state index contributed by atoms with van der Waals surface area (Å²) in [5.74, 6) is 2.02. The van der Waals surface area contributed by atoms with Gasteiger partial charge in [0.2, 0.25) is 0 Å². The Morgan fingerprint density at radius 1 is 1.17 bits per heavy atom. The normalized spacial score (nSPS) is 19.2. The molecule has 1 aliphatic heterocycles. The zero-order valence-electron chi connectivity index (χ0n) is 14.0. The number of hydrogen-bond acceptors (Lipinski definition) is 6. The third-order valence-electron chi connectivity index (χ3n) is 4.41. The van der Waals surface area contributed by atoms with E-state index < -0.39 is 9.84 Å². The van der Waals surface area contributed by atoms with Crippen LogP contribution in [-0.2, 0) is 9.84 Å². The van der Waals surface area contributed by atoms with Crippen LogP contribution in [-0.4, -0.2) is 49.5 Å². The molecule has 3 rings (SSSR count). The molecule has 1 aromatic carbocycles. The Kier molecular flexibility index (Phi) is 4.71. The summed E-state index contributed by atoms with van der Waals surface area (Å²) in [5, 5.41) is 0. The lowest BCUT2D eigenvalue weighted by molar-refractivity contribution is 0.599. The summed E-state index contributed by atoms with van der Waals surface area (Å²) < 4.78 is 23.6. The predicted molar refractivity (Wildman–Crippen MR) is 96.6 cm³/mol. The number of sulfone groups is 1. The molecule has 0 aliphatic carbocycles. The van der Waals surface area contributed by atoms with E-state index in [1.807, 2.05) is 55.3 Å². The summed E-state index contributed by atoms with van der Waals surface area (Å²) >= 11 is 0. The van der Waals surface area contributed by atoms with Gasteiger partial charge in [0.25, 0.3) is 0 Å². The van der Waals surface area contributed by atoms with Crippen LogP contribution in [0.4, 0.5) is 17.3 Å². The maximum Gasteiger partial charge on any atom is 0.152 e. The fourth-order valence-corrected chi connectivity index (χ4v) is 4.82. The van der Waals surface area contributed by atoms with E-state index >= 15 is 0 Å². The van der Waals surface area contributed by atoms with Crippen LogP contribution in [0, 0.1) is 0 Å². The van der Waals surface area contributed by atoms with Crippen LogP contribution in [0.3, 0.4) is 0 Å². The fraction of sp³-hybridized carbons (Fsp3) is 0.412. The third-order valence-corrected chi connectivity index (χ3v) is 6.16. The van der Waals surface area contributed by atoms with Crippen LogP contribution in [0.1, 0.15) is 13.3 Å². The molecule has 0 radical (unpaired) electrons. The first kappa shape index (κ1) is 16.7. The van der Waals surface area contributed by atoms with Gasteiger partial charge in [0.05, 0.1) is 11.5 Å². The molecule has 1 aromatic heterocycles. The number of benzene rings is 1. The smallest absolute Gasteiger partial charge is 0.152 e. The summed E-state index contributed by atoms with van der Waals surface area (Å²) in [5.41, 5.74) is 1.04. The first-order valence-electron chi connectivity index (χ1n) is 8.08. The Morgan fingerprint density at radius 3 is 2.50 bits per heavy atom. The lowest BCUT2D eigenvalue weighted by atomic mass is 10.2.